The predicted octanol–water partition coefficient (Wildman–Crippen LogP) is -0.607. The van der Waals surface area contributed by atoms with Gasteiger partial charge in [0.1, 0.15) is 6.04 Å². The van der Waals surface area contributed by atoms with Crippen molar-refractivity contribution >= 4 is 18.5 Å². The molecular formula is C6H12N2OS. The summed E-state index contributed by atoms with van der Waals surface area (Å²) in [6.07, 6.45) is 2.80. The van der Waals surface area contributed by atoms with Crippen LogP contribution in [0, 0.1) is 0 Å². The van der Waals surface area contributed by atoms with Crippen LogP contribution in [0.3, 0.4) is 0 Å². The van der Waals surface area contributed by atoms with E-state index >= 15 is 0 Å². The highest BCUT2D eigenvalue weighted by molar-refractivity contribution is 7.79. The molecule has 1 amide bonds. The summed E-state index contributed by atoms with van der Waals surface area (Å²) in [5.74, 6) is 0.174. The highest BCUT2D eigenvalue weighted by atomic mass is 32.1. The first-order valence-corrected chi connectivity index (χ1v) is 4.26. The van der Waals surface area contributed by atoms with Gasteiger partial charge in [0.05, 0.1) is 6.04 Å². The van der Waals surface area contributed by atoms with Crippen molar-refractivity contribution in [2.75, 3.05) is 12.8 Å². The van der Waals surface area contributed by atoms with Gasteiger partial charge in [-0.05, 0) is 19.2 Å². The minimum absolute atomic E-state index is 0.162. The van der Waals surface area contributed by atoms with E-state index < -0.39 is 0 Å². The number of carbonyl (C=O) groups excluding carboxylic acids is 1. The number of hydrogen-bond acceptors (Lipinski definition) is 3. The average Bonchev–Trinajstić information content (AvgIpc) is 2.34. The van der Waals surface area contributed by atoms with Crippen LogP contribution in [-0.2, 0) is 4.79 Å². The van der Waals surface area contributed by atoms with Crippen molar-refractivity contribution < 1.29 is 4.79 Å². The Morgan fingerprint density at radius 1 is 1.60 bits per heavy atom. The van der Waals surface area contributed by atoms with Gasteiger partial charge in [0.2, 0.25) is 5.91 Å². The number of nitrogens with one attached hydrogen (secondary N) is 2. The quantitative estimate of drug-likeness (QED) is 0.327. The molecule has 2 N–H and O–H groups in total. The van der Waals surface area contributed by atoms with Gasteiger partial charge in [0.15, 0.2) is 0 Å². The molecule has 2 fully saturated rings. The summed E-state index contributed by atoms with van der Waals surface area (Å²) < 4.78 is 0. The lowest BCUT2D eigenvalue weighted by molar-refractivity contribution is -0.130. The molecule has 10 heavy (non-hydrogen) atoms. The molecule has 0 spiro atoms. The zero-order chi connectivity index (χ0) is 7.56. The van der Waals surface area contributed by atoms with Gasteiger partial charge >= 0.3 is 0 Å². The minimum atomic E-state index is 0.162. The second kappa shape index (κ2) is 3.25. The van der Waals surface area contributed by atoms with Crippen molar-refractivity contribution in [3.05, 3.63) is 0 Å². The highest BCUT2D eigenvalue weighted by Gasteiger charge is 2.42. The zero-order valence-corrected chi connectivity index (χ0v) is 6.82. The maximum Gasteiger partial charge on any atom is 0.239 e. The van der Waals surface area contributed by atoms with E-state index in [9.17, 15) is 4.79 Å². The molecule has 3 nitrogen and oxygen atoms in total. The Hall–Kier alpha value is -0.220. The molecule has 2 unspecified atom stereocenters. The van der Waals surface area contributed by atoms with E-state index in [0.29, 0.717) is 6.04 Å². The van der Waals surface area contributed by atoms with Crippen LogP contribution in [0.4, 0.5) is 0 Å². The number of fused-ring (bicyclic) bond motifs is 1. The van der Waals surface area contributed by atoms with Crippen molar-refractivity contribution in [1.82, 2.24) is 10.6 Å². The summed E-state index contributed by atoms with van der Waals surface area (Å²) in [4.78, 5) is 10.5. The molecule has 2 saturated heterocycles. The summed E-state index contributed by atoms with van der Waals surface area (Å²) in [6, 6.07) is 0.623. The van der Waals surface area contributed by atoms with Crippen molar-refractivity contribution in [1.29, 1.82) is 0 Å². The molecule has 0 aromatic heterocycles. The van der Waals surface area contributed by atoms with Crippen LogP contribution >= 0.6 is 12.6 Å². The molecular weight excluding hydrogens is 148 g/mol. The van der Waals surface area contributed by atoms with Crippen molar-refractivity contribution in [3.8, 4) is 0 Å². The number of β-lactam (4-membered cyclic amide) rings is 1. The van der Waals surface area contributed by atoms with Gasteiger partial charge in [-0.1, -0.05) is 0 Å². The van der Waals surface area contributed by atoms with Crippen molar-refractivity contribution in [3.63, 3.8) is 0 Å². The molecule has 0 aromatic rings. The highest BCUT2D eigenvalue weighted by Crippen LogP contribution is 2.14. The summed E-state index contributed by atoms with van der Waals surface area (Å²) in [7, 11) is 0. The normalized spacial score (nSPS) is 34.8. The fourth-order valence-electron chi connectivity index (χ4n) is 1.31. The molecule has 2 atom stereocenters. The van der Waals surface area contributed by atoms with E-state index in [2.05, 4.69) is 23.3 Å². The third-order valence-electron chi connectivity index (χ3n) is 1.83. The van der Waals surface area contributed by atoms with Gasteiger partial charge < -0.3 is 10.6 Å². The third-order valence-corrected chi connectivity index (χ3v) is 1.83. The van der Waals surface area contributed by atoms with E-state index in [4.69, 9.17) is 0 Å². The Balaban J connectivity index is 0.000000231. The molecule has 2 heterocycles. The van der Waals surface area contributed by atoms with E-state index in [0.717, 1.165) is 13.0 Å². The van der Waals surface area contributed by atoms with Gasteiger partial charge in [-0.2, -0.15) is 12.6 Å². The number of hydrogen-bond donors (Lipinski definition) is 3. The second-order valence-electron chi connectivity index (χ2n) is 2.34. The first-order chi connectivity index (χ1) is 4.88. The third kappa shape index (κ3) is 1.13. The first kappa shape index (κ1) is 7.88. The molecule has 0 aliphatic carbocycles. The van der Waals surface area contributed by atoms with Crippen molar-refractivity contribution in [2.24, 2.45) is 0 Å². The lowest BCUT2D eigenvalue weighted by atomic mass is 10.0. The second-order valence-corrected chi connectivity index (χ2v) is 2.34. The van der Waals surface area contributed by atoms with Crippen LogP contribution in [0.15, 0.2) is 0 Å². The van der Waals surface area contributed by atoms with Crippen LogP contribution in [-0.4, -0.2) is 30.8 Å². The number of rotatable bonds is 0. The smallest absolute Gasteiger partial charge is 0.239 e. The van der Waals surface area contributed by atoms with Crippen LogP contribution < -0.4 is 10.6 Å². The van der Waals surface area contributed by atoms with Crippen LogP contribution in [0.1, 0.15) is 6.42 Å². The van der Waals surface area contributed by atoms with Gasteiger partial charge in [-0.25, -0.2) is 0 Å². The number of thiol groups is 1. The SMILES string of the molecule is CS.O=C1NC2CCNC12. The Bertz CT molecular complexity index is 140. The van der Waals surface area contributed by atoms with Crippen LogP contribution in [0.2, 0.25) is 0 Å². The summed E-state index contributed by atoms with van der Waals surface area (Å²) in [5.41, 5.74) is 0. The Labute approximate surface area is 66.0 Å². The number of carbonyl (C=O) groups is 1. The van der Waals surface area contributed by atoms with Crippen molar-refractivity contribution in [2.45, 2.75) is 18.5 Å². The number of amides is 1. The van der Waals surface area contributed by atoms with Crippen LogP contribution in [0.5, 0.6) is 0 Å². The van der Waals surface area contributed by atoms with Gasteiger partial charge in [-0.15, -0.1) is 0 Å². The molecule has 0 bridgehead atoms. The van der Waals surface area contributed by atoms with E-state index in [1.54, 1.807) is 6.26 Å². The maximum atomic E-state index is 10.5. The van der Waals surface area contributed by atoms with Gasteiger partial charge in [0, 0.05) is 0 Å². The Kier molecular flexibility index (Phi) is 2.56. The standard InChI is InChI=1S/C5H8N2O.CH4S/c8-5-4-3(7-5)1-2-6-4;1-2/h3-4,6H,1-2H2,(H,7,8);2H,1H3. The van der Waals surface area contributed by atoms with Crippen LogP contribution in [0.25, 0.3) is 0 Å². The Morgan fingerprint density at radius 2 is 2.30 bits per heavy atom. The molecule has 4 heteroatoms. The zero-order valence-electron chi connectivity index (χ0n) is 5.92. The molecule has 58 valence electrons. The first-order valence-electron chi connectivity index (χ1n) is 3.36. The lowest BCUT2D eigenvalue weighted by Crippen LogP contribution is -2.63. The average molecular weight is 160 g/mol. The molecule has 2 aliphatic rings. The van der Waals surface area contributed by atoms with E-state index in [1.807, 2.05) is 0 Å². The molecule has 0 radical (unpaired) electrons. The maximum absolute atomic E-state index is 10.5. The molecule has 0 aromatic carbocycles. The van der Waals surface area contributed by atoms with Gasteiger partial charge in [0.25, 0.3) is 0 Å². The van der Waals surface area contributed by atoms with Gasteiger partial charge in [-0.3, -0.25) is 4.79 Å². The summed E-state index contributed by atoms with van der Waals surface area (Å²) >= 11 is 3.53. The largest absolute Gasteiger partial charge is 0.350 e. The fourth-order valence-corrected chi connectivity index (χ4v) is 1.31. The molecule has 2 rings (SSSR count). The summed E-state index contributed by atoms with van der Waals surface area (Å²) in [5, 5.41) is 5.90. The minimum Gasteiger partial charge on any atom is -0.350 e. The lowest BCUT2D eigenvalue weighted by Gasteiger charge is -2.29. The van der Waals surface area contributed by atoms with E-state index in [1.165, 1.54) is 0 Å². The van der Waals surface area contributed by atoms with E-state index in [-0.39, 0.29) is 11.9 Å². The predicted molar refractivity (Wildman–Crippen MR) is 43.2 cm³/mol. The Morgan fingerprint density at radius 3 is 2.70 bits per heavy atom. The monoisotopic (exact) mass is 160 g/mol. The molecule has 0 saturated carbocycles. The summed E-state index contributed by atoms with van der Waals surface area (Å²) in [6.45, 7) is 0.994. The topological polar surface area (TPSA) is 41.1 Å². The molecule has 2 aliphatic heterocycles. The fraction of sp³-hybridized carbons (Fsp3) is 0.833.